The first-order valence-corrected chi connectivity index (χ1v) is 9.21. The van der Waals surface area contributed by atoms with Crippen LogP contribution in [0.15, 0.2) is 42.5 Å². The Morgan fingerprint density at radius 3 is 2.54 bits per heavy atom. The standard InChI is InChI=1S/C20H21Cl2N.ClH/c21-18-8-7-14(10-19(18)22)9-17-16-4-2-1-3-15(16)11-20(17)23-12-13-5-6-13;/h1-4,7-8,10,13,17,20,23H,5-6,9,11-12H2;1H/t17-,20+;/m1./s1. The third-order valence-electron chi connectivity index (χ3n) is 5.19. The van der Waals surface area contributed by atoms with Crippen LogP contribution in [0.5, 0.6) is 0 Å². The van der Waals surface area contributed by atoms with Crippen LogP contribution in [0, 0.1) is 5.92 Å². The number of fused-ring (bicyclic) bond motifs is 1. The van der Waals surface area contributed by atoms with E-state index in [0.29, 0.717) is 22.0 Å². The van der Waals surface area contributed by atoms with Crippen LogP contribution >= 0.6 is 35.6 Å². The van der Waals surface area contributed by atoms with Crippen molar-refractivity contribution in [3.63, 3.8) is 0 Å². The zero-order valence-electron chi connectivity index (χ0n) is 13.5. The predicted molar refractivity (Wildman–Crippen MR) is 105 cm³/mol. The van der Waals surface area contributed by atoms with Crippen LogP contribution in [-0.2, 0) is 12.8 Å². The highest BCUT2D eigenvalue weighted by molar-refractivity contribution is 6.42. The Morgan fingerprint density at radius 1 is 1.00 bits per heavy atom. The van der Waals surface area contributed by atoms with Gasteiger partial charge in [-0.2, -0.15) is 0 Å². The molecule has 0 heterocycles. The zero-order chi connectivity index (χ0) is 15.8. The Labute approximate surface area is 160 Å². The maximum absolute atomic E-state index is 6.20. The van der Waals surface area contributed by atoms with E-state index in [1.54, 1.807) is 0 Å². The fourth-order valence-electron chi connectivity index (χ4n) is 3.70. The highest BCUT2D eigenvalue weighted by Gasteiger charge is 2.33. The van der Waals surface area contributed by atoms with Crippen LogP contribution in [0.4, 0.5) is 0 Å². The number of hydrogen-bond acceptors (Lipinski definition) is 1. The fourth-order valence-corrected chi connectivity index (χ4v) is 4.03. The molecule has 2 aliphatic rings. The highest BCUT2D eigenvalue weighted by Crippen LogP contribution is 2.37. The van der Waals surface area contributed by atoms with E-state index in [1.807, 2.05) is 12.1 Å². The van der Waals surface area contributed by atoms with E-state index in [4.69, 9.17) is 23.2 Å². The molecule has 2 aromatic rings. The Bertz CT molecular complexity index is 712. The van der Waals surface area contributed by atoms with Crippen molar-refractivity contribution in [2.75, 3.05) is 6.54 Å². The Balaban J connectivity index is 0.00000169. The molecule has 0 aliphatic heterocycles. The second-order valence-electron chi connectivity index (χ2n) is 6.92. The van der Waals surface area contributed by atoms with E-state index in [2.05, 4.69) is 35.6 Å². The molecule has 2 aliphatic carbocycles. The van der Waals surface area contributed by atoms with E-state index in [1.165, 1.54) is 29.5 Å². The minimum absolute atomic E-state index is 0. The molecular formula is C20H22Cl3N. The van der Waals surface area contributed by atoms with Crippen LogP contribution in [-0.4, -0.2) is 12.6 Å². The minimum Gasteiger partial charge on any atom is -0.313 e. The third-order valence-corrected chi connectivity index (χ3v) is 5.92. The van der Waals surface area contributed by atoms with Gasteiger partial charge in [0, 0.05) is 12.0 Å². The van der Waals surface area contributed by atoms with Crippen LogP contribution in [0.3, 0.4) is 0 Å². The summed E-state index contributed by atoms with van der Waals surface area (Å²) < 4.78 is 0. The van der Waals surface area contributed by atoms with Gasteiger partial charge in [0.15, 0.2) is 0 Å². The van der Waals surface area contributed by atoms with Gasteiger partial charge in [0.1, 0.15) is 0 Å². The van der Waals surface area contributed by atoms with E-state index in [9.17, 15) is 0 Å². The van der Waals surface area contributed by atoms with Gasteiger partial charge in [-0.25, -0.2) is 0 Å². The summed E-state index contributed by atoms with van der Waals surface area (Å²) in [5, 5.41) is 5.11. The molecule has 2 atom stereocenters. The van der Waals surface area contributed by atoms with Crippen molar-refractivity contribution in [1.82, 2.24) is 5.32 Å². The molecular weight excluding hydrogens is 361 g/mol. The molecule has 128 valence electrons. The van der Waals surface area contributed by atoms with Gasteiger partial charge in [-0.3, -0.25) is 0 Å². The van der Waals surface area contributed by atoms with Gasteiger partial charge in [0.25, 0.3) is 0 Å². The topological polar surface area (TPSA) is 12.0 Å². The summed E-state index contributed by atoms with van der Waals surface area (Å²) in [5.41, 5.74) is 4.25. The van der Waals surface area contributed by atoms with Crippen molar-refractivity contribution < 1.29 is 0 Å². The maximum Gasteiger partial charge on any atom is 0.0595 e. The monoisotopic (exact) mass is 381 g/mol. The second-order valence-corrected chi connectivity index (χ2v) is 7.73. The quantitative estimate of drug-likeness (QED) is 0.703. The summed E-state index contributed by atoms with van der Waals surface area (Å²) in [6, 6.07) is 15.4. The van der Waals surface area contributed by atoms with Gasteiger partial charge in [0.2, 0.25) is 0 Å². The first-order valence-electron chi connectivity index (χ1n) is 8.46. The molecule has 0 saturated heterocycles. The Kier molecular flexibility index (Phi) is 5.77. The second kappa shape index (κ2) is 7.66. The molecule has 1 nitrogen and oxygen atoms in total. The van der Waals surface area contributed by atoms with Gasteiger partial charge in [-0.05, 0) is 67.0 Å². The van der Waals surface area contributed by atoms with Crippen molar-refractivity contribution in [3.05, 3.63) is 69.2 Å². The van der Waals surface area contributed by atoms with Crippen molar-refractivity contribution in [2.45, 2.75) is 37.6 Å². The lowest BCUT2D eigenvalue weighted by Gasteiger charge is -2.22. The van der Waals surface area contributed by atoms with Crippen molar-refractivity contribution in [2.24, 2.45) is 5.92 Å². The molecule has 1 fully saturated rings. The summed E-state index contributed by atoms with van der Waals surface area (Å²) in [5.74, 6) is 1.42. The van der Waals surface area contributed by atoms with Gasteiger partial charge in [-0.1, -0.05) is 53.5 Å². The van der Waals surface area contributed by atoms with E-state index >= 15 is 0 Å². The first kappa shape index (κ1) is 18.1. The molecule has 1 N–H and O–H groups in total. The zero-order valence-corrected chi connectivity index (χ0v) is 15.8. The number of rotatable bonds is 5. The molecule has 0 unspecified atom stereocenters. The summed E-state index contributed by atoms with van der Waals surface area (Å²) in [6.45, 7) is 1.16. The van der Waals surface area contributed by atoms with Crippen LogP contribution < -0.4 is 5.32 Å². The Morgan fingerprint density at radius 2 is 1.79 bits per heavy atom. The first-order chi connectivity index (χ1) is 11.2. The average Bonchev–Trinajstić information content (AvgIpc) is 3.32. The van der Waals surface area contributed by atoms with Crippen LogP contribution in [0.2, 0.25) is 10.0 Å². The normalized spacial score (nSPS) is 22.1. The molecule has 2 aromatic carbocycles. The van der Waals surface area contributed by atoms with E-state index < -0.39 is 0 Å². The minimum atomic E-state index is 0. The lowest BCUT2D eigenvalue weighted by Crippen LogP contribution is -2.35. The summed E-state index contributed by atoms with van der Waals surface area (Å²) >= 11 is 12.3. The largest absolute Gasteiger partial charge is 0.313 e. The van der Waals surface area contributed by atoms with E-state index in [-0.39, 0.29) is 12.4 Å². The van der Waals surface area contributed by atoms with E-state index in [0.717, 1.165) is 25.3 Å². The molecule has 0 amide bonds. The van der Waals surface area contributed by atoms with Crippen molar-refractivity contribution >= 4 is 35.6 Å². The van der Waals surface area contributed by atoms with Gasteiger partial charge in [-0.15, -0.1) is 12.4 Å². The summed E-state index contributed by atoms with van der Waals surface area (Å²) in [4.78, 5) is 0. The highest BCUT2D eigenvalue weighted by atomic mass is 35.5. The average molecular weight is 383 g/mol. The molecule has 4 heteroatoms. The lowest BCUT2D eigenvalue weighted by atomic mass is 9.91. The molecule has 1 saturated carbocycles. The smallest absolute Gasteiger partial charge is 0.0595 e. The fraction of sp³-hybridized carbons (Fsp3) is 0.400. The number of nitrogens with one attached hydrogen (secondary N) is 1. The number of halogens is 3. The number of benzene rings is 2. The van der Waals surface area contributed by atoms with Gasteiger partial charge < -0.3 is 5.32 Å². The predicted octanol–water partition coefficient (Wildman–Crippen LogP) is 5.67. The SMILES string of the molecule is Cl.Clc1ccc(C[C@@H]2c3ccccc3C[C@@H]2NCC2CC2)cc1Cl. The maximum atomic E-state index is 6.20. The van der Waals surface area contributed by atoms with Crippen LogP contribution in [0.1, 0.15) is 35.4 Å². The van der Waals surface area contributed by atoms with Crippen LogP contribution in [0.25, 0.3) is 0 Å². The molecule has 0 bridgehead atoms. The molecule has 24 heavy (non-hydrogen) atoms. The van der Waals surface area contributed by atoms with Gasteiger partial charge in [0.05, 0.1) is 10.0 Å². The molecule has 0 radical (unpaired) electrons. The Hall–Kier alpha value is -0.730. The summed E-state index contributed by atoms with van der Waals surface area (Å²) in [6.07, 6.45) is 4.93. The number of hydrogen-bond donors (Lipinski definition) is 1. The molecule has 0 spiro atoms. The third kappa shape index (κ3) is 3.91. The van der Waals surface area contributed by atoms with Crippen molar-refractivity contribution in [3.8, 4) is 0 Å². The van der Waals surface area contributed by atoms with Gasteiger partial charge >= 0.3 is 0 Å². The molecule has 0 aromatic heterocycles. The summed E-state index contributed by atoms with van der Waals surface area (Å²) in [7, 11) is 0. The van der Waals surface area contributed by atoms with Crippen molar-refractivity contribution in [1.29, 1.82) is 0 Å². The molecule has 4 rings (SSSR count). The lowest BCUT2D eigenvalue weighted by molar-refractivity contribution is 0.445.